The number of carbonyl (C=O) groups excluding carboxylic acids is 2. The van der Waals surface area contributed by atoms with Crippen LogP contribution < -0.4 is 0 Å². The lowest BCUT2D eigenvalue weighted by Gasteiger charge is -2.35. The molecule has 2 heterocycles. The van der Waals surface area contributed by atoms with Crippen molar-refractivity contribution in [3.05, 3.63) is 30.2 Å². The zero-order chi connectivity index (χ0) is 16.5. The topological polar surface area (TPSA) is 76.8 Å². The van der Waals surface area contributed by atoms with Gasteiger partial charge in [-0.25, -0.2) is 14.3 Å². The molecular weight excluding hydrogens is 284 g/mol. The van der Waals surface area contributed by atoms with Crippen molar-refractivity contribution in [1.29, 1.82) is 0 Å². The van der Waals surface area contributed by atoms with E-state index in [0.717, 1.165) is 0 Å². The summed E-state index contributed by atoms with van der Waals surface area (Å²) in [6, 6.07) is 1.75. The molecule has 0 bridgehead atoms. The predicted molar refractivity (Wildman–Crippen MR) is 80.4 cm³/mol. The Bertz CT molecular complexity index is 704. The molecule has 0 saturated heterocycles. The zero-order valence-electron chi connectivity index (χ0n) is 13.4. The van der Waals surface area contributed by atoms with Gasteiger partial charge < -0.3 is 9.53 Å². The second kappa shape index (κ2) is 5.40. The molecule has 0 radical (unpaired) electrons. The summed E-state index contributed by atoms with van der Waals surface area (Å²) in [5, 5.41) is 4.09. The number of ether oxygens (including phenoxy) is 1. The van der Waals surface area contributed by atoms with Crippen LogP contribution in [-0.2, 0) is 15.1 Å². The third-order valence-corrected chi connectivity index (χ3v) is 3.42. The summed E-state index contributed by atoms with van der Waals surface area (Å²) in [5.41, 5.74) is -0.626. The Balaban J connectivity index is 2.38. The maximum absolute atomic E-state index is 12.3. The molecule has 0 spiro atoms. The van der Waals surface area contributed by atoms with E-state index in [2.05, 4.69) is 10.1 Å². The van der Waals surface area contributed by atoms with E-state index in [4.69, 9.17) is 4.74 Å². The Labute approximate surface area is 128 Å². The van der Waals surface area contributed by atoms with Gasteiger partial charge in [-0.3, -0.25) is 4.90 Å². The van der Waals surface area contributed by atoms with Crippen molar-refractivity contribution in [2.24, 2.45) is 0 Å². The van der Waals surface area contributed by atoms with Crippen molar-refractivity contribution < 1.29 is 14.3 Å². The van der Waals surface area contributed by atoms with E-state index in [-0.39, 0.29) is 0 Å². The quantitative estimate of drug-likeness (QED) is 0.811. The number of carbonyl (C=O) groups is 2. The molecule has 1 amide bonds. The maximum atomic E-state index is 12.3. The summed E-state index contributed by atoms with van der Waals surface area (Å²) < 4.78 is 6.88. The molecule has 0 N–H and O–H groups in total. The Kier molecular flexibility index (Phi) is 3.91. The number of aromatic nitrogens is 3. The molecule has 2 aromatic heterocycles. The third-order valence-electron chi connectivity index (χ3n) is 3.42. The fraction of sp³-hybridized carbons (Fsp3) is 0.467. The van der Waals surface area contributed by atoms with Crippen molar-refractivity contribution in [1.82, 2.24) is 19.5 Å². The Morgan fingerprint density at radius 2 is 2.05 bits per heavy atom. The second-order valence-electron chi connectivity index (χ2n) is 6.28. The smallest absolute Gasteiger partial charge is 0.411 e. The molecule has 2 rings (SSSR count). The Morgan fingerprint density at radius 3 is 2.64 bits per heavy atom. The first kappa shape index (κ1) is 15.9. The SMILES string of the molecule is CN(C(=O)OC(C)(C)C)C(C)(C=O)c1cnc2ccnn2c1. The van der Waals surface area contributed by atoms with E-state index in [0.29, 0.717) is 17.5 Å². The summed E-state index contributed by atoms with van der Waals surface area (Å²) in [6.07, 6.45) is 4.97. The minimum atomic E-state index is -1.20. The van der Waals surface area contributed by atoms with Crippen LogP contribution in [0, 0.1) is 0 Å². The number of hydrogen-bond acceptors (Lipinski definition) is 5. The summed E-state index contributed by atoms with van der Waals surface area (Å²) in [5.74, 6) is 0. The molecule has 1 unspecified atom stereocenters. The van der Waals surface area contributed by atoms with Crippen molar-refractivity contribution in [3.8, 4) is 0 Å². The molecule has 118 valence electrons. The fourth-order valence-electron chi connectivity index (χ4n) is 1.93. The lowest BCUT2D eigenvalue weighted by molar-refractivity contribution is -0.117. The molecule has 0 aromatic carbocycles. The Morgan fingerprint density at radius 1 is 1.36 bits per heavy atom. The second-order valence-corrected chi connectivity index (χ2v) is 6.28. The van der Waals surface area contributed by atoms with Gasteiger partial charge in [-0.2, -0.15) is 5.10 Å². The van der Waals surface area contributed by atoms with Gasteiger partial charge >= 0.3 is 6.09 Å². The van der Waals surface area contributed by atoms with Gasteiger partial charge in [0.25, 0.3) is 0 Å². The molecular formula is C15H20N4O3. The van der Waals surface area contributed by atoms with Crippen molar-refractivity contribution >= 4 is 18.0 Å². The normalized spacial score (nSPS) is 14.4. The van der Waals surface area contributed by atoms with Crippen LogP contribution in [0.4, 0.5) is 4.79 Å². The molecule has 0 saturated carbocycles. The number of hydrogen-bond donors (Lipinski definition) is 0. The fourth-order valence-corrected chi connectivity index (χ4v) is 1.93. The van der Waals surface area contributed by atoms with Crippen molar-refractivity contribution in [2.75, 3.05) is 7.05 Å². The van der Waals surface area contributed by atoms with Crippen molar-refractivity contribution in [2.45, 2.75) is 38.8 Å². The number of nitrogens with zero attached hydrogens (tertiary/aromatic N) is 4. The van der Waals surface area contributed by atoms with Gasteiger partial charge in [-0.15, -0.1) is 0 Å². The van der Waals surface area contributed by atoms with Gasteiger partial charge in [-0.05, 0) is 27.7 Å². The van der Waals surface area contributed by atoms with Crippen molar-refractivity contribution in [3.63, 3.8) is 0 Å². The monoisotopic (exact) mass is 304 g/mol. The highest BCUT2D eigenvalue weighted by atomic mass is 16.6. The number of amides is 1. The molecule has 0 aliphatic carbocycles. The summed E-state index contributed by atoms with van der Waals surface area (Å²) in [6.45, 7) is 6.95. The average molecular weight is 304 g/mol. The molecule has 7 nitrogen and oxygen atoms in total. The van der Waals surface area contributed by atoms with Crippen LogP contribution in [0.25, 0.3) is 5.65 Å². The van der Waals surface area contributed by atoms with Crippen LogP contribution in [0.2, 0.25) is 0 Å². The van der Waals surface area contributed by atoms with E-state index in [1.165, 1.54) is 11.9 Å². The molecule has 1 atom stereocenters. The van der Waals surface area contributed by atoms with Crippen LogP contribution in [0.5, 0.6) is 0 Å². The average Bonchev–Trinajstić information content (AvgIpc) is 2.91. The molecule has 2 aromatic rings. The summed E-state index contributed by atoms with van der Waals surface area (Å²) in [4.78, 5) is 29.5. The van der Waals surface area contributed by atoms with Gasteiger partial charge in [0.1, 0.15) is 17.4 Å². The summed E-state index contributed by atoms with van der Waals surface area (Å²) in [7, 11) is 1.52. The number of rotatable bonds is 3. The van der Waals surface area contributed by atoms with Gasteiger partial charge in [0, 0.05) is 31.1 Å². The van der Waals surface area contributed by atoms with Gasteiger partial charge in [-0.1, -0.05) is 0 Å². The first-order chi connectivity index (χ1) is 10.2. The lowest BCUT2D eigenvalue weighted by atomic mass is 9.95. The number of fused-ring (bicyclic) bond motifs is 1. The van der Waals surface area contributed by atoms with E-state index in [9.17, 15) is 9.59 Å². The number of aldehydes is 1. The van der Waals surface area contributed by atoms with E-state index in [1.54, 1.807) is 56.9 Å². The molecule has 0 aliphatic heterocycles. The van der Waals surface area contributed by atoms with E-state index in [1.807, 2.05) is 0 Å². The minimum Gasteiger partial charge on any atom is -0.444 e. The summed E-state index contributed by atoms with van der Waals surface area (Å²) >= 11 is 0. The third kappa shape index (κ3) is 2.93. The van der Waals surface area contributed by atoms with Gasteiger partial charge in [0.05, 0.1) is 6.20 Å². The van der Waals surface area contributed by atoms with Crippen LogP contribution in [0.3, 0.4) is 0 Å². The highest BCUT2D eigenvalue weighted by Crippen LogP contribution is 2.26. The first-order valence-electron chi connectivity index (χ1n) is 6.90. The van der Waals surface area contributed by atoms with Gasteiger partial charge in [0.15, 0.2) is 5.65 Å². The molecule has 0 aliphatic rings. The van der Waals surface area contributed by atoms with Crippen LogP contribution in [0.1, 0.15) is 33.3 Å². The number of likely N-dealkylation sites (N-methyl/N-ethyl adjacent to an activating group) is 1. The first-order valence-corrected chi connectivity index (χ1v) is 6.90. The highest BCUT2D eigenvalue weighted by molar-refractivity contribution is 5.77. The standard InChI is InChI=1S/C15H20N4O3/c1-14(2,3)22-13(21)18(5)15(4,10-20)11-8-16-12-6-7-17-19(12)9-11/h6-10H,1-5H3. The maximum Gasteiger partial charge on any atom is 0.411 e. The van der Waals surface area contributed by atoms with Crippen LogP contribution in [-0.4, -0.2) is 44.5 Å². The molecule has 7 heteroatoms. The minimum absolute atomic E-state index is 0.548. The van der Waals surface area contributed by atoms with E-state index < -0.39 is 17.2 Å². The lowest BCUT2D eigenvalue weighted by Crippen LogP contribution is -2.48. The van der Waals surface area contributed by atoms with Crippen LogP contribution >= 0.6 is 0 Å². The van der Waals surface area contributed by atoms with Gasteiger partial charge in [0.2, 0.25) is 0 Å². The van der Waals surface area contributed by atoms with E-state index >= 15 is 0 Å². The zero-order valence-corrected chi connectivity index (χ0v) is 13.4. The highest BCUT2D eigenvalue weighted by Gasteiger charge is 2.37. The molecule has 0 fully saturated rings. The molecule has 22 heavy (non-hydrogen) atoms. The largest absolute Gasteiger partial charge is 0.444 e. The predicted octanol–water partition coefficient (Wildman–Crippen LogP) is 2.01. The Hall–Kier alpha value is -2.44. The van der Waals surface area contributed by atoms with Crippen LogP contribution in [0.15, 0.2) is 24.7 Å².